The minimum absolute atomic E-state index is 0.0899. The Labute approximate surface area is 188 Å². The molecule has 0 radical (unpaired) electrons. The molecule has 172 valence electrons. The van der Waals surface area contributed by atoms with Crippen molar-refractivity contribution in [3.8, 4) is 11.4 Å². The van der Waals surface area contributed by atoms with Crippen LogP contribution in [0.25, 0.3) is 16.9 Å². The van der Waals surface area contributed by atoms with Gasteiger partial charge in [0.2, 0.25) is 0 Å². The molecule has 32 heavy (non-hydrogen) atoms. The SMILES string of the molecule is CC.Cc1ccc(O)cc1-n1c(N)c(C(N)=O)c2ncc(CCCN3CCOCC3)nc21. The number of fused-ring (bicyclic) bond motifs is 1. The first-order valence-corrected chi connectivity index (χ1v) is 11.0. The van der Waals surface area contributed by atoms with Crippen molar-refractivity contribution in [3.05, 3.63) is 41.2 Å². The first-order chi connectivity index (χ1) is 15.5. The molecule has 0 bridgehead atoms. The maximum Gasteiger partial charge on any atom is 0.254 e. The number of amides is 1. The molecule has 0 spiro atoms. The van der Waals surface area contributed by atoms with Crippen LogP contribution in [0.1, 0.15) is 41.9 Å². The fourth-order valence-electron chi connectivity index (χ4n) is 3.85. The highest BCUT2D eigenvalue weighted by atomic mass is 16.5. The number of carbonyl (C=O) groups is 1. The van der Waals surface area contributed by atoms with Gasteiger partial charge in [-0.3, -0.25) is 19.2 Å². The van der Waals surface area contributed by atoms with Crippen LogP contribution in [0, 0.1) is 6.92 Å². The van der Waals surface area contributed by atoms with E-state index in [0.717, 1.165) is 56.9 Å². The highest BCUT2D eigenvalue weighted by molar-refractivity contribution is 6.09. The van der Waals surface area contributed by atoms with E-state index in [2.05, 4.69) is 9.88 Å². The van der Waals surface area contributed by atoms with Crippen LogP contribution in [0.5, 0.6) is 5.75 Å². The first kappa shape index (κ1) is 23.5. The first-order valence-electron chi connectivity index (χ1n) is 11.0. The summed E-state index contributed by atoms with van der Waals surface area (Å²) in [7, 11) is 0. The van der Waals surface area contributed by atoms with E-state index in [-0.39, 0.29) is 17.1 Å². The van der Waals surface area contributed by atoms with E-state index in [1.807, 2.05) is 20.8 Å². The lowest BCUT2D eigenvalue weighted by molar-refractivity contribution is 0.0374. The fourth-order valence-corrected chi connectivity index (χ4v) is 3.85. The predicted molar refractivity (Wildman–Crippen MR) is 125 cm³/mol. The topological polar surface area (TPSA) is 133 Å². The quantitative estimate of drug-likeness (QED) is 0.536. The van der Waals surface area contributed by atoms with Crippen molar-refractivity contribution < 1.29 is 14.6 Å². The number of phenolic OH excluding ortho intramolecular Hbond substituents is 1. The molecular weight excluding hydrogens is 408 g/mol. The second-order valence-corrected chi connectivity index (χ2v) is 7.52. The Bertz CT molecular complexity index is 1090. The third-order valence-electron chi connectivity index (χ3n) is 5.44. The fraction of sp³-hybridized carbons (Fsp3) is 0.435. The molecule has 1 aliphatic rings. The van der Waals surface area contributed by atoms with Crippen molar-refractivity contribution in [1.29, 1.82) is 0 Å². The van der Waals surface area contributed by atoms with Gasteiger partial charge in [-0.2, -0.15) is 0 Å². The van der Waals surface area contributed by atoms with Crippen molar-refractivity contribution in [2.24, 2.45) is 5.73 Å². The third kappa shape index (κ3) is 4.84. The van der Waals surface area contributed by atoms with E-state index in [0.29, 0.717) is 16.9 Å². The number of aromatic hydroxyl groups is 1. The number of anilines is 1. The van der Waals surface area contributed by atoms with Gasteiger partial charge in [-0.1, -0.05) is 19.9 Å². The van der Waals surface area contributed by atoms with Crippen molar-refractivity contribution in [3.63, 3.8) is 0 Å². The van der Waals surface area contributed by atoms with Gasteiger partial charge >= 0.3 is 0 Å². The Morgan fingerprint density at radius 1 is 1.25 bits per heavy atom. The standard InChI is InChI=1S/C21H26N6O3.C2H6/c1-13-4-5-15(28)11-16(13)27-19(22)17(20(23)29)18-21(27)25-14(12-24-18)3-2-6-26-7-9-30-10-8-26;1-2/h4-5,11-12,28H,2-3,6-10,22H2,1H3,(H2,23,29);1-2H3. The summed E-state index contributed by atoms with van der Waals surface area (Å²) in [6, 6.07) is 4.96. The zero-order chi connectivity index (χ0) is 23.3. The maximum absolute atomic E-state index is 12.1. The van der Waals surface area contributed by atoms with Gasteiger partial charge in [0, 0.05) is 25.4 Å². The zero-order valence-corrected chi connectivity index (χ0v) is 19.0. The van der Waals surface area contributed by atoms with E-state index in [1.54, 1.807) is 29.0 Å². The van der Waals surface area contributed by atoms with Gasteiger partial charge in [0.05, 0.1) is 24.6 Å². The molecule has 0 atom stereocenters. The second-order valence-electron chi connectivity index (χ2n) is 7.52. The monoisotopic (exact) mass is 440 g/mol. The number of rotatable bonds is 6. The smallest absolute Gasteiger partial charge is 0.254 e. The minimum atomic E-state index is -0.663. The summed E-state index contributed by atoms with van der Waals surface area (Å²) in [5.74, 6) is -0.410. The number of primary amides is 1. The number of hydrogen-bond acceptors (Lipinski definition) is 7. The van der Waals surface area contributed by atoms with E-state index in [4.69, 9.17) is 21.2 Å². The number of aryl methyl sites for hydroxylation is 2. The number of nitrogens with two attached hydrogens (primary N) is 2. The average molecular weight is 441 g/mol. The lowest BCUT2D eigenvalue weighted by atomic mass is 10.2. The molecule has 4 rings (SSSR count). The molecule has 3 aromatic rings. The Morgan fingerprint density at radius 3 is 2.66 bits per heavy atom. The van der Waals surface area contributed by atoms with Crippen molar-refractivity contribution in [2.75, 3.05) is 38.6 Å². The molecule has 5 N–H and O–H groups in total. The largest absolute Gasteiger partial charge is 0.508 e. The highest BCUT2D eigenvalue weighted by Crippen LogP contribution is 2.32. The molecule has 1 aromatic carbocycles. The molecular formula is C23H32N6O3. The molecule has 0 saturated carbocycles. The Hall–Kier alpha value is -3.17. The normalized spacial score (nSPS) is 14.2. The van der Waals surface area contributed by atoms with Crippen LogP contribution in [0.3, 0.4) is 0 Å². The zero-order valence-electron chi connectivity index (χ0n) is 19.0. The van der Waals surface area contributed by atoms with Gasteiger partial charge in [0.25, 0.3) is 5.91 Å². The Kier molecular flexibility index (Phi) is 7.66. The van der Waals surface area contributed by atoms with Gasteiger partial charge in [-0.05, 0) is 37.9 Å². The van der Waals surface area contributed by atoms with Gasteiger partial charge in [-0.25, -0.2) is 4.98 Å². The molecule has 1 fully saturated rings. The summed E-state index contributed by atoms with van der Waals surface area (Å²) < 4.78 is 7.03. The second kappa shape index (κ2) is 10.4. The number of carbonyl (C=O) groups excluding carboxylic acids is 1. The number of nitrogens with zero attached hydrogens (tertiary/aromatic N) is 4. The van der Waals surface area contributed by atoms with Crippen molar-refractivity contribution in [1.82, 2.24) is 19.4 Å². The van der Waals surface area contributed by atoms with E-state index in [9.17, 15) is 9.90 Å². The predicted octanol–water partition coefficient (Wildman–Crippen LogP) is 2.41. The van der Waals surface area contributed by atoms with E-state index in [1.165, 1.54) is 0 Å². The number of aromatic nitrogens is 3. The summed E-state index contributed by atoms with van der Waals surface area (Å²) in [4.78, 5) is 23.7. The minimum Gasteiger partial charge on any atom is -0.508 e. The summed E-state index contributed by atoms with van der Waals surface area (Å²) in [6.07, 6.45) is 3.35. The summed E-state index contributed by atoms with van der Waals surface area (Å²) in [5.41, 5.74) is 15.1. The van der Waals surface area contributed by atoms with Crippen LogP contribution in [0.15, 0.2) is 24.4 Å². The molecule has 1 saturated heterocycles. The number of nitrogen functional groups attached to an aromatic ring is 1. The Balaban J connectivity index is 0.00000141. The molecule has 3 heterocycles. The van der Waals surface area contributed by atoms with E-state index < -0.39 is 5.91 Å². The van der Waals surface area contributed by atoms with Crippen molar-refractivity contribution in [2.45, 2.75) is 33.6 Å². The summed E-state index contributed by atoms with van der Waals surface area (Å²) in [6.45, 7) is 10.3. The third-order valence-corrected chi connectivity index (χ3v) is 5.44. The van der Waals surface area contributed by atoms with Gasteiger partial charge < -0.3 is 21.3 Å². The number of benzene rings is 1. The van der Waals surface area contributed by atoms with Crippen LogP contribution < -0.4 is 11.5 Å². The molecule has 1 aliphatic heterocycles. The van der Waals surface area contributed by atoms with E-state index >= 15 is 0 Å². The summed E-state index contributed by atoms with van der Waals surface area (Å²) >= 11 is 0. The number of hydrogen-bond donors (Lipinski definition) is 3. The molecule has 0 aliphatic carbocycles. The molecule has 9 nitrogen and oxygen atoms in total. The molecule has 0 unspecified atom stereocenters. The molecule has 2 aromatic heterocycles. The number of phenols is 1. The van der Waals surface area contributed by atoms with Gasteiger partial charge in [0.1, 0.15) is 22.6 Å². The maximum atomic E-state index is 12.1. The van der Waals surface area contributed by atoms with Crippen molar-refractivity contribution >= 4 is 22.9 Å². The van der Waals surface area contributed by atoms with Crippen LogP contribution in [-0.4, -0.2) is 63.3 Å². The van der Waals surface area contributed by atoms with Crippen LogP contribution in [-0.2, 0) is 11.2 Å². The lowest BCUT2D eigenvalue weighted by Gasteiger charge is -2.26. The lowest BCUT2D eigenvalue weighted by Crippen LogP contribution is -2.36. The molecule has 9 heteroatoms. The van der Waals surface area contributed by atoms with Crippen LogP contribution in [0.2, 0.25) is 0 Å². The highest BCUT2D eigenvalue weighted by Gasteiger charge is 2.23. The number of morpholine rings is 1. The molecule has 1 amide bonds. The van der Waals surface area contributed by atoms with Crippen LogP contribution >= 0.6 is 0 Å². The average Bonchev–Trinajstić information content (AvgIpc) is 3.08. The van der Waals surface area contributed by atoms with Crippen LogP contribution in [0.4, 0.5) is 5.82 Å². The Morgan fingerprint density at radius 2 is 1.97 bits per heavy atom. The number of ether oxygens (including phenoxy) is 1. The van der Waals surface area contributed by atoms with Gasteiger partial charge in [-0.15, -0.1) is 0 Å². The van der Waals surface area contributed by atoms with Gasteiger partial charge in [0.15, 0.2) is 5.65 Å². The summed E-state index contributed by atoms with van der Waals surface area (Å²) in [5, 5.41) is 9.98.